The largest absolute Gasteiger partial charge is 0.440 e. The highest BCUT2D eigenvalue weighted by Gasteiger charge is 2.25. The maximum Gasteiger partial charge on any atom is 0.203 e. The van der Waals surface area contributed by atoms with E-state index in [1.807, 2.05) is 6.07 Å². The average Bonchev–Trinajstić information content (AvgIpc) is 2.89. The van der Waals surface area contributed by atoms with Crippen LogP contribution in [-0.2, 0) is 0 Å². The predicted octanol–water partition coefficient (Wildman–Crippen LogP) is 4.08. The first-order valence-electron chi connectivity index (χ1n) is 7.01. The van der Waals surface area contributed by atoms with Crippen LogP contribution in [0, 0.1) is 6.92 Å². The van der Waals surface area contributed by atoms with E-state index in [0.717, 1.165) is 30.0 Å². The van der Waals surface area contributed by atoms with Crippen molar-refractivity contribution in [2.24, 2.45) is 0 Å². The fourth-order valence-electron chi connectivity index (χ4n) is 2.93. The lowest BCUT2D eigenvalue weighted by atomic mass is 9.91. The van der Waals surface area contributed by atoms with Crippen LogP contribution in [0.15, 0.2) is 46.9 Å². The zero-order valence-electron chi connectivity index (χ0n) is 11.4. The van der Waals surface area contributed by atoms with Crippen molar-refractivity contribution in [1.82, 2.24) is 4.98 Å². The van der Waals surface area contributed by atoms with Gasteiger partial charge in [0, 0.05) is 12.2 Å². The maximum atomic E-state index is 5.98. The molecule has 100 valence electrons. The second kappa shape index (κ2) is 4.37. The Bertz CT molecular complexity index is 776. The Morgan fingerprint density at radius 2 is 2.10 bits per heavy atom. The number of aryl methyl sites for hydroxylation is 1. The normalized spacial score (nSPS) is 17.8. The molecule has 3 nitrogen and oxygen atoms in total. The molecule has 0 bridgehead atoms. The van der Waals surface area contributed by atoms with E-state index in [9.17, 15) is 0 Å². The highest BCUT2D eigenvalue weighted by atomic mass is 16.3. The molecule has 2 aromatic carbocycles. The smallest absolute Gasteiger partial charge is 0.203 e. The number of hydrogen-bond donors (Lipinski definition) is 1. The lowest BCUT2D eigenvalue weighted by molar-refractivity contribution is 0.485. The Hall–Kier alpha value is -2.29. The van der Waals surface area contributed by atoms with Gasteiger partial charge in [-0.1, -0.05) is 24.3 Å². The van der Waals surface area contributed by atoms with Crippen molar-refractivity contribution in [3.05, 3.63) is 59.5 Å². The van der Waals surface area contributed by atoms with E-state index in [1.54, 1.807) is 0 Å². The second-order valence-corrected chi connectivity index (χ2v) is 5.38. The molecule has 0 aliphatic carbocycles. The van der Waals surface area contributed by atoms with Gasteiger partial charge >= 0.3 is 0 Å². The van der Waals surface area contributed by atoms with Gasteiger partial charge in [0.2, 0.25) is 5.89 Å². The minimum atomic E-state index is 0.250. The highest BCUT2D eigenvalue weighted by molar-refractivity contribution is 5.73. The van der Waals surface area contributed by atoms with Gasteiger partial charge in [-0.15, -0.1) is 0 Å². The summed E-state index contributed by atoms with van der Waals surface area (Å²) in [5.74, 6) is 1.08. The Labute approximate surface area is 117 Å². The molecule has 0 spiro atoms. The monoisotopic (exact) mass is 264 g/mol. The van der Waals surface area contributed by atoms with Crippen molar-refractivity contribution in [1.29, 1.82) is 0 Å². The van der Waals surface area contributed by atoms with Crippen LogP contribution in [0.5, 0.6) is 0 Å². The number of benzene rings is 2. The van der Waals surface area contributed by atoms with Gasteiger partial charge in [0.15, 0.2) is 5.58 Å². The molecule has 1 unspecified atom stereocenters. The van der Waals surface area contributed by atoms with Gasteiger partial charge in [0.25, 0.3) is 0 Å². The number of rotatable bonds is 1. The van der Waals surface area contributed by atoms with Crippen LogP contribution in [-0.4, -0.2) is 11.5 Å². The standard InChI is InChI=1S/C17H16N2O/c1-11-6-7-16-15(10-11)19-17(20-16)13-8-9-18-14-5-3-2-4-12(13)14/h2-7,10,13,18H,8-9H2,1H3. The van der Waals surface area contributed by atoms with Crippen molar-refractivity contribution < 1.29 is 4.42 Å². The van der Waals surface area contributed by atoms with Gasteiger partial charge in [-0.3, -0.25) is 0 Å². The first kappa shape index (κ1) is 11.5. The Morgan fingerprint density at radius 3 is 3.05 bits per heavy atom. The third kappa shape index (κ3) is 1.78. The molecule has 2 heterocycles. The summed E-state index contributed by atoms with van der Waals surface area (Å²) >= 11 is 0. The molecule has 0 fully saturated rings. The molecule has 1 N–H and O–H groups in total. The van der Waals surface area contributed by atoms with E-state index in [1.165, 1.54) is 16.8 Å². The first-order valence-corrected chi connectivity index (χ1v) is 7.01. The number of aromatic nitrogens is 1. The summed E-state index contributed by atoms with van der Waals surface area (Å²) in [6.07, 6.45) is 1.02. The first-order chi connectivity index (χ1) is 9.81. The summed E-state index contributed by atoms with van der Waals surface area (Å²) in [7, 11) is 0. The van der Waals surface area contributed by atoms with Gasteiger partial charge in [-0.25, -0.2) is 4.98 Å². The molecule has 0 radical (unpaired) electrons. The zero-order chi connectivity index (χ0) is 13.5. The molecule has 1 aliphatic rings. The molecule has 1 atom stereocenters. The second-order valence-electron chi connectivity index (χ2n) is 5.38. The van der Waals surface area contributed by atoms with E-state index in [4.69, 9.17) is 9.40 Å². The van der Waals surface area contributed by atoms with Crippen LogP contribution in [0.2, 0.25) is 0 Å². The number of nitrogens with one attached hydrogen (secondary N) is 1. The van der Waals surface area contributed by atoms with Crippen LogP contribution in [0.1, 0.15) is 29.4 Å². The van der Waals surface area contributed by atoms with Crippen LogP contribution < -0.4 is 5.32 Å². The summed E-state index contributed by atoms with van der Waals surface area (Å²) in [6.45, 7) is 3.03. The molecule has 1 aromatic heterocycles. The summed E-state index contributed by atoms with van der Waals surface area (Å²) < 4.78 is 5.98. The highest BCUT2D eigenvalue weighted by Crippen LogP contribution is 2.36. The van der Waals surface area contributed by atoms with E-state index >= 15 is 0 Å². The van der Waals surface area contributed by atoms with E-state index in [0.29, 0.717) is 0 Å². The Kier molecular flexibility index (Phi) is 2.52. The summed E-state index contributed by atoms with van der Waals surface area (Å²) in [4.78, 5) is 4.70. The molecular formula is C17H16N2O. The minimum Gasteiger partial charge on any atom is -0.440 e. The fraction of sp³-hybridized carbons (Fsp3) is 0.235. The van der Waals surface area contributed by atoms with Crippen molar-refractivity contribution in [2.75, 3.05) is 11.9 Å². The summed E-state index contributed by atoms with van der Waals surface area (Å²) in [6, 6.07) is 14.6. The van der Waals surface area contributed by atoms with Crippen LogP contribution in [0.3, 0.4) is 0 Å². The van der Waals surface area contributed by atoms with Gasteiger partial charge < -0.3 is 9.73 Å². The van der Waals surface area contributed by atoms with Gasteiger partial charge in [0.1, 0.15) is 5.52 Å². The van der Waals surface area contributed by atoms with Crippen molar-refractivity contribution in [2.45, 2.75) is 19.3 Å². The number of nitrogens with zero attached hydrogens (tertiary/aromatic N) is 1. The molecule has 0 saturated heterocycles. The molecule has 20 heavy (non-hydrogen) atoms. The van der Waals surface area contributed by atoms with Crippen molar-refractivity contribution in [3.8, 4) is 0 Å². The number of fused-ring (bicyclic) bond motifs is 2. The minimum absolute atomic E-state index is 0.250. The van der Waals surface area contributed by atoms with Crippen LogP contribution in [0.4, 0.5) is 5.69 Å². The van der Waals surface area contributed by atoms with E-state index < -0.39 is 0 Å². The summed E-state index contributed by atoms with van der Waals surface area (Å²) in [5, 5.41) is 3.44. The van der Waals surface area contributed by atoms with E-state index in [-0.39, 0.29) is 5.92 Å². The topological polar surface area (TPSA) is 38.1 Å². The molecule has 0 amide bonds. The summed E-state index contributed by atoms with van der Waals surface area (Å²) in [5.41, 5.74) is 5.52. The van der Waals surface area contributed by atoms with Gasteiger partial charge in [-0.05, 0) is 42.7 Å². The third-order valence-corrected chi connectivity index (χ3v) is 3.94. The maximum absolute atomic E-state index is 5.98. The molecule has 4 rings (SSSR count). The van der Waals surface area contributed by atoms with Gasteiger partial charge in [0.05, 0.1) is 5.92 Å². The van der Waals surface area contributed by atoms with Gasteiger partial charge in [-0.2, -0.15) is 0 Å². The van der Waals surface area contributed by atoms with Crippen LogP contribution in [0.25, 0.3) is 11.1 Å². The lowest BCUT2D eigenvalue weighted by Gasteiger charge is -2.24. The SMILES string of the molecule is Cc1ccc2oc(C3CCNc4ccccc43)nc2c1. The molecule has 0 saturated carbocycles. The van der Waals surface area contributed by atoms with E-state index in [2.05, 4.69) is 48.6 Å². The lowest BCUT2D eigenvalue weighted by Crippen LogP contribution is -2.17. The quantitative estimate of drug-likeness (QED) is 0.719. The van der Waals surface area contributed by atoms with Crippen molar-refractivity contribution >= 4 is 16.8 Å². The fourth-order valence-corrected chi connectivity index (χ4v) is 2.93. The van der Waals surface area contributed by atoms with Crippen LogP contribution >= 0.6 is 0 Å². The Balaban J connectivity index is 1.84. The number of hydrogen-bond acceptors (Lipinski definition) is 3. The Morgan fingerprint density at radius 1 is 1.20 bits per heavy atom. The van der Waals surface area contributed by atoms with Crippen molar-refractivity contribution in [3.63, 3.8) is 0 Å². The molecule has 3 aromatic rings. The number of para-hydroxylation sites is 1. The third-order valence-electron chi connectivity index (χ3n) is 3.94. The molecular weight excluding hydrogens is 248 g/mol. The molecule has 1 aliphatic heterocycles. The average molecular weight is 264 g/mol. The molecule has 3 heteroatoms. The number of anilines is 1. The zero-order valence-corrected chi connectivity index (χ0v) is 11.4. The predicted molar refractivity (Wildman–Crippen MR) is 80.1 cm³/mol. The number of oxazole rings is 1.